The minimum absolute atomic E-state index is 0.0146. The summed E-state index contributed by atoms with van der Waals surface area (Å²) in [6.07, 6.45) is 5.08. The summed E-state index contributed by atoms with van der Waals surface area (Å²) in [7, 11) is 0. The van der Waals surface area contributed by atoms with E-state index in [0.717, 1.165) is 24.1 Å². The minimum atomic E-state index is -0.274. The van der Waals surface area contributed by atoms with Crippen molar-refractivity contribution in [3.8, 4) is 6.01 Å². The molecule has 4 rings (SSSR count). The molecule has 1 aromatic heterocycles. The number of carbonyl (C=O) groups excluding carboxylic acids is 2. The van der Waals surface area contributed by atoms with Crippen LogP contribution in [0, 0.1) is 12.8 Å². The van der Waals surface area contributed by atoms with Gasteiger partial charge in [0.25, 0.3) is 0 Å². The van der Waals surface area contributed by atoms with Crippen LogP contribution in [-0.2, 0) is 9.59 Å². The minimum Gasteiger partial charge on any atom is -0.460 e. The predicted octanol–water partition coefficient (Wildman–Crippen LogP) is 2.21. The Hall–Kier alpha value is -2.96. The number of ether oxygens (including phenoxy) is 1. The monoisotopic (exact) mass is 380 g/mol. The molecule has 2 saturated heterocycles. The van der Waals surface area contributed by atoms with Crippen LogP contribution < -0.4 is 9.64 Å². The van der Waals surface area contributed by atoms with Crippen LogP contribution in [0.4, 0.5) is 5.69 Å². The second kappa shape index (κ2) is 7.96. The molecular weight excluding hydrogens is 356 g/mol. The van der Waals surface area contributed by atoms with Crippen LogP contribution in [0.25, 0.3) is 0 Å². The van der Waals surface area contributed by atoms with E-state index in [1.807, 2.05) is 36.1 Å². The second-order valence-electron chi connectivity index (χ2n) is 7.41. The molecule has 3 heterocycles. The summed E-state index contributed by atoms with van der Waals surface area (Å²) < 4.78 is 5.79. The van der Waals surface area contributed by atoms with Crippen LogP contribution in [0.15, 0.2) is 42.7 Å². The first-order chi connectivity index (χ1) is 13.6. The third-order valence-electron chi connectivity index (χ3n) is 5.39. The summed E-state index contributed by atoms with van der Waals surface area (Å²) in [4.78, 5) is 37.1. The van der Waals surface area contributed by atoms with Crippen molar-refractivity contribution in [2.75, 3.05) is 24.5 Å². The Labute approximate surface area is 164 Å². The van der Waals surface area contributed by atoms with E-state index in [2.05, 4.69) is 9.97 Å². The molecule has 1 atom stereocenters. The average Bonchev–Trinajstić information content (AvgIpc) is 3.11. The molecule has 0 saturated carbocycles. The zero-order valence-corrected chi connectivity index (χ0v) is 16.0. The van der Waals surface area contributed by atoms with Crippen LogP contribution >= 0.6 is 0 Å². The van der Waals surface area contributed by atoms with Gasteiger partial charge in [-0.25, -0.2) is 9.97 Å². The summed E-state index contributed by atoms with van der Waals surface area (Å²) in [5, 5.41) is 0. The van der Waals surface area contributed by atoms with Crippen molar-refractivity contribution in [2.45, 2.75) is 32.3 Å². The Balaban J connectivity index is 1.32. The normalized spacial score (nSPS) is 20.5. The van der Waals surface area contributed by atoms with Gasteiger partial charge in [-0.3, -0.25) is 9.59 Å². The van der Waals surface area contributed by atoms with Crippen molar-refractivity contribution >= 4 is 17.5 Å². The van der Waals surface area contributed by atoms with Crippen molar-refractivity contribution in [3.05, 3.63) is 48.3 Å². The van der Waals surface area contributed by atoms with Crippen LogP contribution in [-0.4, -0.2) is 52.4 Å². The molecule has 0 N–H and O–H groups in total. The molecule has 28 heavy (non-hydrogen) atoms. The third kappa shape index (κ3) is 3.98. The molecule has 0 radical (unpaired) electrons. The molecule has 0 aliphatic carbocycles. The fourth-order valence-corrected chi connectivity index (χ4v) is 3.79. The van der Waals surface area contributed by atoms with Gasteiger partial charge in [-0.1, -0.05) is 17.7 Å². The lowest BCUT2D eigenvalue weighted by molar-refractivity contribution is -0.137. The standard InChI is InChI=1S/C21H24N4O3/c1-15-3-5-17(6-4-15)25-14-16(13-19(25)26)20(27)24-11-7-18(8-12-24)28-21-22-9-2-10-23-21/h2-6,9-10,16,18H,7-8,11-14H2,1H3. The van der Waals surface area contributed by atoms with Crippen LogP contribution in [0.5, 0.6) is 6.01 Å². The highest BCUT2D eigenvalue weighted by Gasteiger charge is 2.38. The number of rotatable bonds is 4. The van der Waals surface area contributed by atoms with E-state index in [4.69, 9.17) is 4.74 Å². The number of anilines is 1. The molecule has 2 aliphatic heterocycles. The third-order valence-corrected chi connectivity index (χ3v) is 5.39. The summed E-state index contributed by atoms with van der Waals surface area (Å²) in [5.74, 6) is -0.192. The van der Waals surface area contributed by atoms with E-state index >= 15 is 0 Å². The van der Waals surface area contributed by atoms with Crippen molar-refractivity contribution in [1.29, 1.82) is 0 Å². The first-order valence-electron chi connectivity index (χ1n) is 9.69. The lowest BCUT2D eigenvalue weighted by Gasteiger charge is -2.33. The highest BCUT2D eigenvalue weighted by Crippen LogP contribution is 2.27. The summed E-state index contributed by atoms with van der Waals surface area (Å²) in [5.41, 5.74) is 2.01. The van der Waals surface area contributed by atoms with Crippen molar-refractivity contribution in [2.24, 2.45) is 5.92 Å². The molecule has 146 valence electrons. The van der Waals surface area contributed by atoms with E-state index < -0.39 is 0 Å². The van der Waals surface area contributed by atoms with E-state index in [1.165, 1.54) is 0 Å². The topological polar surface area (TPSA) is 75.6 Å². The Morgan fingerprint density at radius 3 is 2.46 bits per heavy atom. The number of likely N-dealkylation sites (tertiary alicyclic amines) is 1. The van der Waals surface area contributed by atoms with E-state index in [9.17, 15) is 9.59 Å². The smallest absolute Gasteiger partial charge is 0.316 e. The van der Waals surface area contributed by atoms with Gasteiger partial charge in [0, 0.05) is 57.0 Å². The Morgan fingerprint density at radius 2 is 1.79 bits per heavy atom. The lowest BCUT2D eigenvalue weighted by atomic mass is 10.0. The Bertz CT molecular complexity index is 832. The van der Waals surface area contributed by atoms with Crippen LogP contribution in [0.2, 0.25) is 0 Å². The number of aryl methyl sites for hydroxylation is 1. The number of hydrogen-bond acceptors (Lipinski definition) is 5. The SMILES string of the molecule is Cc1ccc(N2CC(C(=O)N3CCC(Oc4ncccn4)CC3)CC2=O)cc1. The quantitative estimate of drug-likeness (QED) is 0.813. The molecular formula is C21H24N4O3. The van der Waals surface area contributed by atoms with Crippen molar-refractivity contribution in [1.82, 2.24) is 14.9 Å². The largest absolute Gasteiger partial charge is 0.460 e. The molecule has 2 fully saturated rings. The fourth-order valence-electron chi connectivity index (χ4n) is 3.79. The van der Waals surface area contributed by atoms with E-state index in [1.54, 1.807) is 23.4 Å². The maximum atomic E-state index is 12.9. The number of carbonyl (C=O) groups is 2. The molecule has 7 nitrogen and oxygen atoms in total. The van der Waals surface area contributed by atoms with Gasteiger partial charge in [-0.2, -0.15) is 0 Å². The van der Waals surface area contributed by atoms with Gasteiger partial charge < -0.3 is 14.5 Å². The Kier molecular flexibility index (Phi) is 5.23. The molecule has 1 unspecified atom stereocenters. The van der Waals surface area contributed by atoms with Crippen LogP contribution in [0.1, 0.15) is 24.8 Å². The highest BCUT2D eigenvalue weighted by atomic mass is 16.5. The van der Waals surface area contributed by atoms with E-state index in [0.29, 0.717) is 25.6 Å². The van der Waals surface area contributed by atoms with Crippen molar-refractivity contribution in [3.63, 3.8) is 0 Å². The number of hydrogen-bond donors (Lipinski definition) is 0. The van der Waals surface area contributed by atoms with E-state index in [-0.39, 0.29) is 30.3 Å². The number of nitrogens with zero attached hydrogens (tertiary/aromatic N) is 4. The average molecular weight is 380 g/mol. The number of piperidine rings is 1. The van der Waals surface area contributed by atoms with Crippen LogP contribution in [0.3, 0.4) is 0 Å². The van der Waals surface area contributed by atoms with Gasteiger partial charge in [-0.05, 0) is 25.1 Å². The van der Waals surface area contributed by atoms with Crippen molar-refractivity contribution < 1.29 is 14.3 Å². The summed E-state index contributed by atoms with van der Waals surface area (Å²) in [6.45, 7) is 3.73. The molecule has 0 spiro atoms. The number of aromatic nitrogens is 2. The Morgan fingerprint density at radius 1 is 1.11 bits per heavy atom. The molecule has 2 aromatic rings. The van der Waals surface area contributed by atoms with Gasteiger partial charge in [0.15, 0.2) is 0 Å². The summed E-state index contributed by atoms with van der Waals surface area (Å²) in [6, 6.07) is 9.97. The lowest BCUT2D eigenvalue weighted by Crippen LogP contribution is -2.45. The van der Waals surface area contributed by atoms with Gasteiger partial charge in [-0.15, -0.1) is 0 Å². The van der Waals surface area contributed by atoms with Gasteiger partial charge in [0.2, 0.25) is 11.8 Å². The predicted molar refractivity (Wildman–Crippen MR) is 104 cm³/mol. The van der Waals surface area contributed by atoms with Gasteiger partial charge >= 0.3 is 6.01 Å². The number of amides is 2. The maximum absolute atomic E-state index is 12.9. The summed E-state index contributed by atoms with van der Waals surface area (Å²) >= 11 is 0. The molecule has 2 amide bonds. The van der Waals surface area contributed by atoms with Gasteiger partial charge in [0.05, 0.1) is 5.92 Å². The highest BCUT2D eigenvalue weighted by molar-refractivity contribution is 6.00. The molecule has 2 aliphatic rings. The zero-order valence-electron chi connectivity index (χ0n) is 16.0. The molecule has 0 bridgehead atoms. The second-order valence-corrected chi connectivity index (χ2v) is 7.41. The first kappa shape index (κ1) is 18.4. The maximum Gasteiger partial charge on any atom is 0.316 e. The first-order valence-corrected chi connectivity index (χ1v) is 9.69. The zero-order chi connectivity index (χ0) is 19.5. The fraction of sp³-hybridized carbons (Fsp3) is 0.429. The molecule has 7 heteroatoms. The number of benzene rings is 1. The molecule has 1 aromatic carbocycles. The van der Waals surface area contributed by atoms with Gasteiger partial charge in [0.1, 0.15) is 6.10 Å².